The number of pyridine rings is 1. The molecule has 2 aromatic rings. The molecule has 0 radical (unpaired) electrons. The van der Waals surface area contributed by atoms with E-state index >= 15 is 0 Å². The topological polar surface area (TPSA) is 52.6 Å². The second-order valence-corrected chi connectivity index (χ2v) is 7.36. The Morgan fingerprint density at radius 1 is 1.18 bits per heavy atom. The summed E-state index contributed by atoms with van der Waals surface area (Å²) in [4.78, 5) is 11.0. The molecule has 5 nitrogen and oxygen atoms in total. The Bertz CT molecular complexity index is 777. The first-order valence-corrected chi connectivity index (χ1v) is 9.22. The van der Waals surface area contributed by atoms with Crippen LogP contribution < -0.4 is 15.5 Å². The van der Waals surface area contributed by atoms with E-state index in [1.54, 1.807) is 18.3 Å². The highest BCUT2D eigenvalue weighted by atomic mass is 127. The molecule has 0 aliphatic rings. The van der Waals surface area contributed by atoms with Gasteiger partial charge < -0.3 is 15.5 Å². The Balaban J connectivity index is 0.00000392. The fraction of sp³-hybridized carbons (Fsp3) is 0.429. The molecular formula is C21H31FIN5. The van der Waals surface area contributed by atoms with Crippen molar-refractivity contribution >= 4 is 35.8 Å². The minimum Gasteiger partial charge on any atom is -0.363 e. The van der Waals surface area contributed by atoms with Crippen molar-refractivity contribution in [1.82, 2.24) is 15.6 Å². The van der Waals surface area contributed by atoms with E-state index in [4.69, 9.17) is 0 Å². The summed E-state index contributed by atoms with van der Waals surface area (Å²) in [6.07, 6.45) is 1.80. The first-order chi connectivity index (χ1) is 12.8. The molecule has 2 N–H and O–H groups in total. The molecule has 0 bridgehead atoms. The first kappa shape index (κ1) is 24.1. The van der Waals surface area contributed by atoms with Crippen molar-refractivity contribution in [3.8, 4) is 0 Å². The monoisotopic (exact) mass is 499 g/mol. The van der Waals surface area contributed by atoms with Crippen molar-refractivity contribution in [2.24, 2.45) is 4.99 Å². The Morgan fingerprint density at radius 3 is 2.57 bits per heavy atom. The van der Waals surface area contributed by atoms with Gasteiger partial charge in [0.05, 0.1) is 6.54 Å². The molecule has 0 aliphatic heterocycles. The van der Waals surface area contributed by atoms with E-state index < -0.39 is 0 Å². The average Bonchev–Trinajstić information content (AvgIpc) is 2.64. The third kappa shape index (κ3) is 7.26. The molecule has 0 aliphatic carbocycles. The number of guanidine groups is 1. The molecular weight excluding hydrogens is 468 g/mol. The lowest BCUT2D eigenvalue weighted by Crippen LogP contribution is -2.43. The third-order valence-electron chi connectivity index (χ3n) is 4.34. The number of aromatic nitrogens is 1. The molecule has 0 unspecified atom stereocenters. The van der Waals surface area contributed by atoms with Crippen LogP contribution in [0, 0.1) is 5.82 Å². The summed E-state index contributed by atoms with van der Waals surface area (Å²) in [6, 6.07) is 10.8. The van der Waals surface area contributed by atoms with Crippen LogP contribution in [-0.4, -0.2) is 38.1 Å². The number of rotatable bonds is 7. The lowest BCUT2D eigenvalue weighted by atomic mass is 9.84. The molecule has 0 saturated heterocycles. The Hall–Kier alpha value is -1.90. The van der Waals surface area contributed by atoms with Gasteiger partial charge in [0.25, 0.3) is 0 Å². The van der Waals surface area contributed by atoms with Gasteiger partial charge in [-0.15, -0.1) is 24.0 Å². The summed E-state index contributed by atoms with van der Waals surface area (Å²) >= 11 is 0. The highest BCUT2D eigenvalue weighted by Gasteiger charge is 2.21. The van der Waals surface area contributed by atoms with Crippen LogP contribution in [0.4, 0.5) is 10.2 Å². The van der Waals surface area contributed by atoms with Crippen molar-refractivity contribution in [2.45, 2.75) is 32.7 Å². The smallest absolute Gasteiger partial charge is 0.191 e. The van der Waals surface area contributed by atoms with Gasteiger partial charge in [0.15, 0.2) is 5.96 Å². The first-order valence-electron chi connectivity index (χ1n) is 9.22. The van der Waals surface area contributed by atoms with Crippen LogP contribution in [-0.2, 0) is 12.0 Å². The molecule has 7 heteroatoms. The van der Waals surface area contributed by atoms with Crippen LogP contribution in [0.5, 0.6) is 0 Å². The summed E-state index contributed by atoms with van der Waals surface area (Å²) < 4.78 is 13.5. The molecule has 0 atom stereocenters. The molecule has 1 aromatic heterocycles. The van der Waals surface area contributed by atoms with E-state index in [1.165, 1.54) is 6.07 Å². The predicted octanol–water partition coefficient (Wildman–Crippen LogP) is 3.94. The minimum atomic E-state index is -0.229. The number of hydrogen-bond donors (Lipinski definition) is 2. The molecule has 0 amide bonds. The van der Waals surface area contributed by atoms with E-state index in [9.17, 15) is 4.39 Å². The van der Waals surface area contributed by atoms with Crippen LogP contribution in [0.25, 0.3) is 0 Å². The van der Waals surface area contributed by atoms with Crippen molar-refractivity contribution < 1.29 is 4.39 Å². The van der Waals surface area contributed by atoms with Gasteiger partial charge >= 0.3 is 0 Å². The second-order valence-electron chi connectivity index (χ2n) is 7.36. The molecule has 1 aromatic carbocycles. The van der Waals surface area contributed by atoms with E-state index in [0.717, 1.165) is 29.4 Å². The zero-order valence-corrected chi connectivity index (χ0v) is 19.6. The number of nitrogens with zero attached hydrogens (tertiary/aromatic N) is 3. The zero-order valence-electron chi connectivity index (χ0n) is 17.3. The average molecular weight is 499 g/mol. The highest BCUT2D eigenvalue weighted by molar-refractivity contribution is 14.0. The van der Waals surface area contributed by atoms with Gasteiger partial charge in [-0.3, -0.25) is 0 Å². The van der Waals surface area contributed by atoms with Gasteiger partial charge in [-0.05, 0) is 42.3 Å². The lowest BCUT2D eigenvalue weighted by Gasteiger charge is -2.27. The van der Waals surface area contributed by atoms with Gasteiger partial charge in [0.1, 0.15) is 11.6 Å². The number of aliphatic imine (C=N–C) groups is 1. The Morgan fingerprint density at radius 2 is 1.93 bits per heavy atom. The normalized spacial score (nSPS) is 11.6. The molecule has 2 rings (SSSR count). The van der Waals surface area contributed by atoms with Crippen molar-refractivity contribution in [1.29, 1.82) is 0 Å². The summed E-state index contributed by atoms with van der Waals surface area (Å²) in [5, 5.41) is 6.64. The number of nitrogens with one attached hydrogen (secondary N) is 2. The fourth-order valence-corrected chi connectivity index (χ4v) is 2.63. The van der Waals surface area contributed by atoms with Crippen LogP contribution >= 0.6 is 24.0 Å². The molecule has 0 saturated carbocycles. The quantitative estimate of drug-likeness (QED) is 0.345. The SMILES string of the molecule is CCNC(=NCc1ccnc(N(C)C)c1)NCC(C)(C)c1cccc(F)c1.I. The number of halogens is 2. The van der Waals surface area contributed by atoms with Gasteiger partial charge in [-0.1, -0.05) is 26.0 Å². The maximum atomic E-state index is 13.5. The lowest BCUT2D eigenvalue weighted by molar-refractivity contribution is 0.503. The summed E-state index contributed by atoms with van der Waals surface area (Å²) in [6.45, 7) is 8.17. The highest BCUT2D eigenvalue weighted by Crippen LogP contribution is 2.22. The maximum Gasteiger partial charge on any atom is 0.191 e. The van der Waals surface area contributed by atoms with Crippen molar-refractivity contribution in [3.63, 3.8) is 0 Å². The minimum absolute atomic E-state index is 0. The Labute approximate surface area is 184 Å². The van der Waals surface area contributed by atoms with Crippen molar-refractivity contribution in [2.75, 3.05) is 32.1 Å². The third-order valence-corrected chi connectivity index (χ3v) is 4.34. The van der Waals surface area contributed by atoms with E-state index in [-0.39, 0.29) is 35.2 Å². The predicted molar refractivity (Wildman–Crippen MR) is 126 cm³/mol. The van der Waals surface area contributed by atoms with E-state index in [2.05, 4.69) is 34.5 Å². The maximum absolute atomic E-state index is 13.5. The fourth-order valence-electron chi connectivity index (χ4n) is 2.63. The largest absolute Gasteiger partial charge is 0.363 e. The molecule has 1 heterocycles. The second kappa shape index (κ2) is 11.2. The van der Waals surface area contributed by atoms with Crippen LogP contribution in [0.3, 0.4) is 0 Å². The Kier molecular flexibility index (Phi) is 9.64. The van der Waals surface area contributed by atoms with Gasteiger partial charge in [0, 0.05) is 38.8 Å². The summed E-state index contributed by atoms with van der Waals surface area (Å²) in [5.41, 5.74) is 1.82. The number of hydrogen-bond acceptors (Lipinski definition) is 3. The summed E-state index contributed by atoms with van der Waals surface area (Å²) in [5.74, 6) is 1.44. The van der Waals surface area contributed by atoms with Crippen LogP contribution in [0.1, 0.15) is 31.9 Å². The zero-order chi connectivity index (χ0) is 19.9. The molecule has 154 valence electrons. The molecule has 28 heavy (non-hydrogen) atoms. The number of anilines is 1. The van der Waals surface area contributed by atoms with Gasteiger partial charge in [0.2, 0.25) is 0 Å². The van der Waals surface area contributed by atoms with E-state index in [0.29, 0.717) is 13.1 Å². The van der Waals surface area contributed by atoms with Crippen LogP contribution in [0.2, 0.25) is 0 Å². The van der Waals surface area contributed by atoms with Crippen LogP contribution in [0.15, 0.2) is 47.6 Å². The van der Waals surface area contributed by atoms with Gasteiger partial charge in [-0.2, -0.15) is 0 Å². The standard InChI is InChI=1S/C21H30FN5.HI/c1-6-23-20(25-14-16-10-11-24-19(12-16)27(4)5)26-15-21(2,3)17-8-7-9-18(22)13-17;/h7-13H,6,14-15H2,1-5H3,(H2,23,25,26);1H. The number of benzene rings is 1. The van der Waals surface area contributed by atoms with Gasteiger partial charge in [-0.25, -0.2) is 14.4 Å². The van der Waals surface area contributed by atoms with Crippen molar-refractivity contribution in [3.05, 3.63) is 59.5 Å². The summed E-state index contributed by atoms with van der Waals surface area (Å²) in [7, 11) is 3.94. The van der Waals surface area contributed by atoms with E-state index in [1.807, 2.05) is 44.1 Å². The molecule has 0 spiro atoms. The molecule has 0 fully saturated rings.